The maximum absolute atomic E-state index is 12.4. The third kappa shape index (κ3) is 3.67. The highest BCUT2D eigenvalue weighted by molar-refractivity contribution is 7.58. The van der Waals surface area contributed by atoms with Crippen LogP contribution in [0.5, 0.6) is 0 Å². The highest BCUT2D eigenvalue weighted by Crippen LogP contribution is 2.49. The van der Waals surface area contributed by atoms with Crippen LogP contribution in [0.1, 0.15) is 32.3 Å². The number of aliphatic hydroxyl groups excluding tert-OH is 2. The molecule has 11 heteroatoms. The zero-order valence-corrected chi connectivity index (χ0v) is 17.5. The molecule has 2 aromatic rings. The number of aryl methyl sites for hydroxylation is 1. The van der Waals surface area contributed by atoms with Gasteiger partial charge in [-0.15, -0.1) is 0 Å². The summed E-state index contributed by atoms with van der Waals surface area (Å²) in [6, 6.07) is 0. The fourth-order valence-corrected chi connectivity index (χ4v) is 5.07. The van der Waals surface area contributed by atoms with E-state index < -0.39 is 31.2 Å². The molecule has 0 spiro atoms. The number of nitrogen functional groups attached to an aromatic ring is 1. The Bertz CT molecular complexity index is 905. The van der Waals surface area contributed by atoms with Gasteiger partial charge in [0.05, 0.1) is 37.2 Å². The zero-order valence-electron chi connectivity index (χ0n) is 16.6. The number of anilines is 1. The summed E-state index contributed by atoms with van der Waals surface area (Å²) in [5, 5.41) is 20.9. The summed E-state index contributed by atoms with van der Waals surface area (Å²) in [7, 11) is -2.76. The van der Waals surface area contributed by atoms with Gasteiger partial charge in [0.15, 0.2) is 18.8 Å². The number of fused-ring (bicyclic) bond motifs is 1. The molecule has 3 heterocycles. The number of hydrogen-bond donors (Lipinski definition) is 3. The van der Waals surface area contributed by atoms with Crippen LogP contribution in [0.25, 0.3) is 11.2 Å². The number of aliphatic hydroxyl groups is 2. The average molecular weight is 413 g/mol. The lowest BCUT2D eigenvalue weighted by Crippen LogP contribution is -2.40. The van der Waals surface area contributed by atoms with Gasteiger partial charge in [0, 0.05) is 12.8 Å². The predicted molar refractivity (Wildman–Crippen MR) is 104 cm³/mol. The van der Waals surface area contributed by atoms with Gasteiger partial charge in [-0.1, -0.05) is 6.92 Å². The number of ether oxygens (including phenoxy) is 1. The smallest absolute Gasteiger partial charge is 0.200 e. The van der Waals surface area contributed by atoms with Crippen LogP contribution in [0.4, 0.5) is 5.82 Å². The summed E-state index contributed by atoms with van der Waals surface area (Å²) < 4.78 is 25.5. The van der Waals surface area contributed by atoms with Crippen LogP contribution in [0.2, 0.25) is 0 Å². The first-order valence-electron chi connectivity index (χ1n) is 9.25. The molecule has 3 rings (SSSR count). The van der Waals surface area contributed by atoms with Crippen LogP contribution in [0, 0.1) is 12.3 Å². The van der Waals surface area contributed by atoms with E-state index in [1.54, 1.807) is 32.0 Å². The van der Waals surface area contributed by atoms with Gasteiger partial charge in [0.25, 0.3) is 0 Å². The Morgan fingerprint density at radius 1 is 1.46 bits per heavy atom. The van der Waals surface area contributed by atoms with E-state index in [4.69, 9.17) is 15.0 Å². The van der Waals surface area contributed by atoms with Gasteiger partial charge in [-0.2, -0.15) is 0 Å². The molecular formula is C17H28N5O5P. The molecule has 0 bridgehead atoms. The van der Waals surface area contributed by atoms with Crippen molar-refractivity contribution in [2.24, 2.45) is 5.41 Å². The fraction of sp³-hybridized carbons (Fsp3) is 0.706. The van der Waals surface area contributed by atoms with Crippen LogP contribution in [0.15, 0.2) is 6.33 Å². The van der Waals surface area contributed by atoms with Gasteiger partial charge in [-0.3, -0.25) is 9.13 Å². The third-order valence-electron chi connectivity index (χ3n) is 5.27. The molecule has 10 nitrogen and oxygen atoms in total. The van der Waals surface area contributed by atoms with E-state index in [1.165, 1.54) is 6.33 Å². The Morgan fingerprint density at radius 3 is 2.82 bits per heavy atom. The number of aromatic nitrogens is 4. The van der Waals surface area contributed by atoms with Crippen LogP contribution < -0.4 is 5.73 Å². The Balaban J connectivity index is 1.92. The lowest BCUT2D eigenvalue weighted by atomic mass is 9.82. The standard InChI is InChI=1S/C17H28N5O5P/c1-5-26-28(4,25)7-6-11-13(24)17(3,8-23)16(27-11)22-9-19-12-14(18)20-10(2)21-15(12)22/h9,11,13,16,23-24H,5-8H2,1-4H3,(H2,18,20,21)/t11-,13?,16-,17+,28?/m1/s1. The summed E-state index contributed by atoms with van der Waals surface area (Å²) in [6.45, 7) is 6.86. The molecule has 0 radical (unpaired) electrons. The van der Waals surface area contributed by atoms with E-state index in [1.807, 2.05) is 0 Å². The average Bonchev–Trinajstić information content (AvgIpc) is 3.14. The maximum Gasteiger partial charge on any atom is 0.200 e. The van der Waals surface area contributed by atoms with E-state index in [0.717, 1.165) is 0 Å². The van der Waals surface area contributed by atoms with E-state index in [-0.39, 0.29) is 18.6 Å². The fourth-order valence-electron chi connectivity index (χ4n) is 3.67. The van der Waals surface area contributed by atoms with Crippen molar-refractivity contribution >= 4 is 24.4 Å². The highest BCUT2D eigenvalue weighted by Gasteiger charge is 2.54. The summed E-state index contributed by atoms with van der Waals surface area (Å²) in [6.07, 6.45) is -0.178. The molecule has 1 aliphatic heterocycles. The molecule has 28 heavy (non-hydrogen) atoms. The van der Waals surface area contributed by atoms with Crippen molar-refractivity contribution < 1.29 is 24.0 Å². The van der Waals surface area contributed by atoms with E-state index in [2.05, 4.69) is 15.0 Å². The predicted octanol–water partition coefficient (Wildman–Crippen LogP) is 1.31. The van der Waals surface area contributed by atoms with Gasteiger partial charge in [0.2, 0.25) is 0 Å². The molecule has 156 valence electrons. The van der Waals surface area contributed by atoms with Crippen molar-refractivity contribution in [3.63, 3.8) is 0 Å². The largest absolute Gasteiger partial charge is 0.396 e. The van der Waals surface area contributed by atoms with E-state index >= 15 is 0 Å². The molecule has 0 aliphatic carbocycles. The zero-order chi connectivity index (χ0) is 20.7. The minimum atomic E-state index is -2.76. The molecule has 2 unspecified atom stereocenters. The molecule has 1 aliphatic rings. The Labute approximate surface area is 163 Å². The van der Waals surface area contributed by atoms with Gasteiger partial charge in [-0.25, -0.2) is 15.0 Å². The molecule has 0 amide bonds. The van der Waals surface area contributed by atoms with Crippen molar-refractivity contribution in [2.45, 2.75) is 45.6 Å². The molecule has 5 atom stereocenters. The molecular weight excluding hydrogens is 385 g/mol. The molecule has 4 N–H and O–H groups in total. The van der Waals surface area contributed by atoms with Crippen molar-refractivity contribution in [1.29, 1.82) is 0 Å². The maximum atomic E-state index is 12.4. The van der Waals surface area contributed by atoms with Crippen molar-refractivity contribution in [2.75, 3.05) is 31.8 Å². The molecule has 2 aromatic heterocycles. The van der Waals surface area contributed by atoms with Gasteiger partial charge in [0.1, 0.15) is 17.6 Å². The second kappa shape index (κ2) is 7.68. The minimum absolute atomic E-state index is 0.255. The Kier molecular flexibility index (Phi) is 5.80. The lowest BCUT2D eigenvalue weighted by Gasteiger charge is -2.31. The number of rotatable bonds is 7. The molecule has 0 aromatic carbocycles. The van der Waals surface area contributed by atoms with Crippen LogP contribution in [-0.2, 0) is 13.8 Å². The molecule has 1 fully saturated rings. The summed E-state index contributed by atoms with van der Waals surface area (Å²) >= 11 is 0. The number of nitrogens with two attached hydrogens (primary N) is 1. The lowest BCUT2D eigenvalue weighted by molar-refractivity contribution is -0.0506. The SMILES string of the molecule is CCOP(C)(=O)CC[C@H]1O[C@@H](n2cnc3c(N)nc(C)nc32)[C@@](C)(CO)C1O. The van der Waals surface area contributed by atoms with Crippen molar-refractivity contribution in [1.82, 2.24) is 19.5 Å². The third-order valence-corrected chi connectivity index (χ3v) is 7.15. The van der Waals surface area contributed by atoms with Gasteiger partial charge >= 0.3 is 0 Å². The number of nitrogens with zero attached hydrogens (tertiary/aromatic N) is 4. The first-order valence-corrected chi connectivity index (χ1v) is 11.5. The molecule has 1 saturated heterocycles. The monoisotopic (exact) mass is 413 g/mol. The van der Waals surface area contributed by atoms with Crippen LogP contribution in [0.3, 0.4) is 0 Å². The van der Waals surface area contributed by atoms with Crippen LogP contribution >= 0.6 is 7.37 Å². The minimum Gasteiger partial charge on any atom is -0.396 e. The molecule has 0 saturated carbocycles. The first-order chi connectivity index (χ1) is 13.1. The van der Waals surface area contributed by atoms with E-state index in [9.17, 15) is 14.8 Å². The summed E-state index contributed by atoms with van der Waals surface area (Å²) in [5.74, 6) is 0.738. The summed E-state index contributed by atoms with van der Waals surface area (Å²) in [4.78, 5) is 12.8. The van der Waals surface area contributed by atoms with Gasteiger partial charge in [-0.05, 0) is 20.3 Å². The van der Waals surface area contributed by atoms with E-state index in [0.29, 0.717) is 30.0 Å². The topological polar surface area (TPSA) is 146 Å². The second-order valence-corrected chi connectivity index (χ2v) is 10.3. The second-order valence-electron chi connectivity index (χ2n) is 7.56. The van der Waals surface area contributed by atoms with Gasteiger partial charge < -0.3 is 25.2 Å². The van der Waals surface area contributed by atoms with Crippen LogP contribution in [-0.4, -0.2) is 68.0 Å². The Morgan fingerprint density at radius 2 is 2.18 bits per heavy atom. The quantitative estimate of drug-likeness (QED) is 0.572. The summed E-state index contributed by atoms with van der Waals surface area (Å²) in [5.41, 5.74) is 5.83. The van der Waals surface area contributed by atoms with Crippen molar-refractivity contribution in [3.8, 4) is 0 Å². The number of hydrogen-bond acceptors (Lipinski definition) is 9. The number of imidazole rings is 1. The normalized spacial score (nSPS) is 30.0. The Hall–Kier alpha value is -1.58. The van der Waals surface area contributed by atoms with Crippen molar-refractivity contribution in [3.05, 3.63) is 12.2 Å². The first kappa shape index (κ1) is 21.1. The highest BCUT2D eigenvalue weighted by atomic mass is 31.2.